The fourth-order valence-corrected chi connectivity index (χ4v) is 2.24. The van der Waals surface area contributed by atoms with Gasteiger partial charge in [0.15, 0.2) is 0 Å². The van der Waals surface area contributed by atoms with Crippen LogP contribution in [0.2, 0.25) is 0 Å². The van der Waals surface area contributed by atoms with Crippen LogP contribution in [0.4, 0.5) is 0 Å². The second-order valence-electron chi connectivity index (χ2n) is 4.04. The van der Waals surface area contributed by atoms with Crippen molar-refractivity contribution in [2.24, 2.45) is 10.9 Å². The normalized spacial score (nSPS) is 27.8. The summed E-state index contributed by atoms with van der Waals surface area (Å²) in [6.07, 6.45) is 11.9. The molecular weight excluding hydrogens is 278 g/mol. The lowest BCUT2D eigenvalue weighted by atomic mass is 9.98. The van der Waals surface area contributed by atoms with Gasteiger partial charge in [0, 0.05) is 5.57 Å². The van der Waals surface area contributed by atoms with Crippen molar-refractivity contribution in [3.05, 3.63) is 34.0 Å². The van der Waals surface area contributed by atoms with Gasteiger partial charge in [0.1, 0.15) is 4.61 Å². The Morgan fingerprint density at radius 1 is 1.76 bits per heavy atom. The Labute approximate surface area is 111 Å². The van der Waals surface area contributed by atoms with Crippen LogP contribution in [0, 0.1) is 18.3 Å². The van der Waals surface area contributed by atoms with E-state index in [1.165, 1.54) is 0 Å². The van der Waals surface area contributed by atoms with E-state index in [9.17, 15) is 5.11 Å². The highest BCUT2D eigenvalue weighted by Gasteiger charge is 2.12. The summed E-state index contributed by atoms with van der Waals surface area (Å²) in [5, 5.41) is 9.32. The number of hydrogen-bond acceptors (Lipinski definition) is 2. The lowest BCUT2D eigenvalue weighted by molar-refractivity contribution is 0.337. The molecule has 1 unspecified atom stereocenters. The van der Waals surface area contributed by atoms with E-state index in [-0.39, 0.29) is 6.61 Å². The maximum atomic E-state index is 9.32. The first-order chi connectivity index (χ1) is 8.08. The predicted molar refractivity (Wildman–Crippen MR) is 76.0 cm³/mol. The summed E-state index contributed by atoms with van der Waals surface area (Å²) in [7, 11) is 0. The highest BCUT2D eigenvalue weighted by molar-refractivity contribution is 9.11. The van der Waals surface area contributed by atoms with Crippen molar-refractivity contribution in [1.82, 2.24) is 0 Å². The number of allylic oxidation sites excluding steroid dienone is 4. The molecule has 17 heavy (non-hydrogen) atoms. The lowest BCUT2D eigenvalue weighted by Gasteiger charge is -2.13. The molecule has 1 heterocycles. The highest BCUT2D eigenvalue weighted by Crippen LogP contribution is 2.22. The SMILES string of the molecule is C#C\C=C(CO)/C1=N\C(Br)=C/C(C)CC=C1C. The maximum Gasteiger partial charge on any atom is 0.103 e. The standard InChI is InChI=1S/C14H16BrNO/c1-4-5-12(9-17)14-11(3)7-6-10(2)8-13(15)16-14/h1,5,7-8,10,17H,6,9H2,2-3H3/b11-7?,12-5-,13-8-,16-14-. The van der Waals surface area contributed by atoms with Gasteiger partial charge >= 0.3 is 0 Å². The van der Waals surface area contributed by atoms with Gasteiger partial charge in [-0.1, -0.05) is 18.9 Å². The molecule has 1 atom stereocenters. The first kappa shape index (κ1) is 14.0. The van der Waals surface area contributed by atoms with E-state index < -0.39 is 0 Å². The van der Waals surface area contributed by atoms with E-state index in [4.69, 9.17) is 6.42 Å². The average Bonchev–Trinajstić information content (AvgIpc) is 2.29. The molecule has 0 bridgehead atoms. The molecule has 0 aromatic heterocycles. The first-order valence-corrected chi connectivity index (χ1v) is 6.27. The van der Waals surface area contributed by atoms with Gasteiger partial charge in [-0.2, -0.15) is 0 Å². The fraction of sp³-hybridized carbons (Fsp3) is 0.357. The number of hydrogen-bond donors (Lipinski definition) is 1. The molecule has 0 radical (unpaired) electrons. The largest absolute Gasteiger partial charge is 0.392 e. The molecule has 0 aromatic carbocycles. The van der Waals surface area contributed by atoms with Crippen molar-refractivity contribution in [3.8, 4) is 12.3 Å². The Hall–Kier alpha value is -1.11. The monoisotopic (exact) mass is 293 g/mol. The Kier molecular flexibility index (Phi) is 5.40. The van der Waals surface area contributed by atoms with Crippen molar-refractivity contribution in [3.63, 3.8) is 0 Å². The third-order valence-electron chi connectivity index (χ3n) is 2.54. The summed E-state index contributed by atoms with van der Waals surface area (Å²) in [5.74, 6) is 2.87. The van der Waals surface area contributed by atoms with Gasteiger partial charge in [0.2, 0.25) is 0 Å². The third kappa shape index (κ3) is 3.99. The van der Waals surface area contributed by atoms with Gasteiger partial charge in [0.05, 0.1) is 12.3 Å². The molecule has 0 spiro atoms. The summed E-state index contributed by atoms with van der Waals surface area (Å²) in [6, 6.07) is 0. The summed E-state index contributed by atoms with van der Waals surface area (Å²) in [6.45, 7) is 4.01. The van der Waals surface area contributed by atoms with Crippen LogP contribution in [0.15, 0.2) is 39.0 Å². The Balaban J connectivity index is 3.23. The summed E-state index contributed by atoms with van der Waals surface area (Å²) in [5.41, 5.74) is 2.46. The second-order valence-corrected chi connectivity index (χ2v) is 4.86. The third-order valence-corrected chi connectivity index (χ3v) is 2.98. The van der Waals surface area contributed by atoms with Crippen molar-refractivity contribution in [1.29, 1.82) is 0 Å². The number of aliphatic imine (C=N–C) groups is 1. The number of aliphatic hydroxyl groups excluding tert-OH is 1. The highest BCUT2D eigenvalue weighted by atomic mass is 79.9. The Morgan fingerprint density at radius 2 is 2.47 bits per heavy atom. The first-order valence-electron chi connectivity index (χ1n) is 5.48. The van der Waals surface area contributed by atoms with Crippen LogP contribution < -0.4 is 0 Å². The molecule has 1 rings (SSSR count). The molecule has 0 saturated heterocycles. The Bertz CT molecular complexity index is 449. The van der Waals surface area contributed by atoms with Crippen LogP contribution in [0.1, 0.15) is 20.3 Å². The van der Waals surface area contributed by atoms with Gasteiger partial charge in [-0.05, 0) is 52.9 Å². The van der Waals surface area contributed by atoms with Gasteiger partial charge in [0.25, 0.3) is 0 Å². The van der Waals surface area contributed by atoms with Crippen molar-refractivity contribution >= 4 is 21.6 Å². The molecule has 3 heteroatoms. The van der Waals surface area contributed by atoms with Gasteiger partial charge in [-0.3, -0.25) is 0 Å². The smallest absolute Gasteiger partial charge is 0.103 e. The van der Waals surface area contributed by atoms with Crippen LogP contribution in [0.3, 0.4) is 0 Å². The molecule has 1 N–H and O–H groups in total. The quantitative estimate of drug-likeness (QED) is 0.615. The van der Waals surface area contributed by atoms with Crippen molar-refractivity contribution in [2.45, 2.75) is 20.3 Å². The van der Waals surface area contributed by atoms with Crippen LogP contribution >= 0.6 is 15.9 Å². The molecular formula is C14H16BrNO. The number of nitrogens with zero attached hydrogens (tertiary/aromatic N) is 1. The van der Waals surface area contributed by atoms with Crippen molar-refractivity contribution < 1.29 is 5.11 Å². The van der Waals surface area contributed by atoms with E-state index >= 15 is 0 Å². The second kappa shape index (κ2) is 6.58. The van der Waals surface area contributed by atoms with Crippen LogP contribution in [0.5, 0.6) is 0 Å². The van der Waals surface area contributed by atoms with Gasteiger partial charge < -0.3 is 5.11 Å². The topological polar surface area (TPSA) is 32.6 Å². The van der Waals surface area contributed by atoms with Crippen molar-refractivity contribution in [2.75, 3.05) is 6.61 Å². The van der Waals surface area contributed by atoms with E-state index in [0.717, 1.165) is 22.3 Å². The van der Waals surface area contributed by atoms with Gasteiger partial charge in [-0.15, -0.1) is 6.42 Å². The molecule has 1 aliphatic rings. The van der Waals surface area contributed by atoms with Gasteiger partial charge in [-0.25, -0.2) is 4.99 Å². The molecule has 2 nitrogen and oxygen atoms in total. The lowest BCUT2D eigenvalue weighted by Crippen LogP contribution is -2.10. The zero-order valence-electron chi connectivity index (χ0n) is 10.1. The summed E-state index contributed by atoms with van der Waals surface area (Å²) < 4.78 is 0.781. The summed E-state index contributed by atoms with van der Waals surface area (Å²) in [4.78, 5) is 4.46. The minimum absolute atomic E-state index is 0.107. The molecule has 0 amide bonds. The fourth-order valence-electron chi connectivity index (χ4n) is 1.61. The van der Waals surface area contributed by atoms with Crippen LogP contribution in [-0.4, -0.2) is 17.4 Å². The number of rotatable bonds is 2. The van der Waals surface area contributed by atoms with Crippen LogP contribution in [-0.2, 0) is 0 Å². The summed E-state index contributed by atoms with van der Waals surface area (Å²) >= 11 is 3.42. The zero-order valence-corrected chi connectivity index (χ0v) is 11.7. The predicted octanol–water partition coefficient (Wildman–Crippen LogP) is 3.20. The minimum atomic E-state index is -0.107. The average molecular weight is 294 g/mol. The minimum Gasteiger partial charge on any atom is -0.392 e. The number of aliphatic hydroxyl groups is 1. The number of terminal acetylenes is 1. The van der Waals surface area contributed by atoms with E-state index in [1.807, 2.05) is 13.0 Å². The zero-order chi connectivity index (χ0) is 12.8. The molecule has 0 aromatic rings. The molecule has 1 aliphatic heterocycles. The molecule has 90 valence electrons. The van der Waals surface area contributed by atoms with Crippen LogP contribution in [0.25, 0.3) is 0 Å². The molecule has 0 saturated carbocycles. The maximum absolute atomic E-state index is 9.32. The molecule has 0 aliphatic carbocycles. The molecule has 0 fully saturated rings. The Morgan fingerprint density at radius 3 is 3.06 bits per heavy atom. The number of halogens is 1. The van der Waals surface area contributed by atoms with E-state index in [1.54, 1.807) is 6.08 Å². The van der Waals surface area contributed by atoms with E-state index in [0.29, 0.717) is 11.5 Å². The van der Waals surface area contributed by atoms with E-state index in [2.05, 4.69) is 39.8 Å².